The fraction of sp³-hybridized carbons (Fsp3) is 0.294. The summed E-state index contributed by atoms with van der Waals surface area (Å²) in [5, 5.41) is 4.22. The molecule has 0 atom stereocenters. The Morgan fingerprint density at radius 1 is 1.29 bits per heavy atom. The van der Waals surface area contributed by atoms with E-state index in [1.165, 1.54) is 15.6 Å². The number of benzene rings is 1. The number of anilines is 1. The van der Waals surface area contributed by atoms with Gasteiger partial charge < -0.3 is 4.90 Å². The van der Waals surface area contributed by atoms with Gasteiger partial charge >= 0.3 is 0 Å². The van der Waals surface area contributed by atoms with Crippen molar-refractivity contribution in [2.24, 2.45) is 7.05 Å². The molecule has 0 N–H and O–H groups in total. The van der Waals surface area contributed by atoms with Gasteiger partial charge in [-0.25, -0.2) is 4.98 Å². The second-order valence-electron chi connectivity index (χ2n) is 6.01. The van der Waals surface area contributed by atoms with Crippen LogP contribution in [-0.2, 0) is 24.8 Å². The summed E-state index contributed by atoms with van der Waals surface area (Å²) < 4.78 is 2.87. The number of fused-ring (bicyclic) bond motifs is 2. The van der Waals surface area contributed by atoms with Gasteiger partial charge in [-0.05, 0) is 25.0 Å². The van der Waals surface area contributed by atoms with Crippen LogP contribution in [0.25, 0.3) is 11.0 Å². The predicted molar refractivity (Wildman–Crippen MR) is 90.0 cm³/mol. The van der Waals surface area contributed by atoms with Gasteiger partial charge in [0.25, 0.3) is 5.56 Å². The molecule has 122 valence electrons. The molecule has 3 aromatic rings. The molecule has 4 rings (SSSR count). The molecule has 0 saturated carbocycles. The van der Waals surface area contributed by atoms with Crippen molar-refractivity contribution in [3.8, 4) is 0 Å². The Morgan fingerprint density at radius 3 is 2.92 bits per heavy atom. The average Bonchev–Trinajstić information content (AvgIpc) is 3.11. The van der Waals surface area contributed by atoms with Crippen LogP contribution in [0.2, 0.25) is 0 Å². The van der Waals surface area contributed by atoms with Gasteiger partial charge in [0.2, 0.25) is 5.91 Å². The zero-order valence-corrected chi connectivity index (χ0v) is 13.6. The number of nitrogens with zero attached hydrogens (tertiary/aromatic N) is 5. The summed E-state index contributed by atoms with van der Waals surface area (Å²) in [4.78, 5) is 31.4. The van der Waals surface area contributed by atoms with Crippen molar-refractivity contribution in [3.63, 3.8) is 0 Å². The molecule has 7 heteroatoms. The zero-order valence-electron chi connectivity index (χ0n) is 13.6. The van der Waals surface area contributed by atoms with Crippen LogP contribution in [-0.4, -0.2) is 31.8 Å². The third-order valence-electron chi connectivity index (χ3n) is 4.47. The number of amides is 1. The quantitative estimate of drug-likeness (QED) is 0.706. The Morgan fingerprint density at radius 2 is 2.08 bits per heavy atom. The molecule has 1 aliphatic heterocycles. The molecule has 1 amide bonds. The Labute approximate surface area is 138 Å². The third kappa shape index (κ3) is 2.12. The second-order valence-corrected chi connectivity index (χ2v) is 6.01. The average molecular weight is 323 g/mol. The lowest BCUT2D eigenvalue weighted by atomic mass is 10.2. The van der Waals surface area contributed by atoms with Crippen LogP contribution in [0.3, 0.4) is 0 Å². The van der Waals surface area contributed by atoms with Gasteiger partial charge in [-0.2, -0.15) is 5.10 Å². The molecule has 3 heterocycles. The van der Waals surface area contributed by atoms with Crippen molar-refractivity contribution < 1.29 is 4.79 Å². The van der Waals surface area contributed by atoms with E-state index in [0.29, 0.717) is 23.3 Å². The highest BCUT2D eigenvalue weighted by Crippen LogP contribution is 2.27. The van der Waals surface area contributed by atoms with Crippen LogP contribution in [0.15, 0.2) is 35.4 Å². The third-order valence-corrected chi connectivity index (χ3v) is 4.47. The molecule has 0 spiro atoms. The van der Waals surface area contributed by atoms with E-state index in [1.54, 1.807) is 11.9 Å². The maximum absolute atomic E-state index is 12.7. The van der Waals surface area contributed by atoms with Crippen LogP contribution in [0, 0.1) is 6.92 Å². The predicted octanol–water partition coefficient (Wildman–Crippen LogP) is 1.03. The maximum Gasteiger partial charge on any atom is 0.279 e. The van der Waals surface area contributed by atoms with E-state index in [0.717, 1.165) is 17.7 Å². The monoisotopic (exact) mass is 323 g/mol. The van der Waals surface area contributed by atoms with Crippen LogP contribution >= 0.6 is 0 Å². The van der Waals surface area contributed by atoms with Gasteiger partial charge in [0.1, 0.15) is 12.1 Å². The van der Waals surface area contributed by atoms with E-state index >= 15 is 0 Å². The summed E-state index contributed by atoms with van der Waals surface area (Å²) in [7, 11) is 1.71. The van der Waals surface area contributed by atoms with Crippen LogP contribution < -0.4 is 10.5 Å². The van der Waals surface area contributed by atoms with Crippen molar-refractivity contribution in [1.29, 1.82) is 0 Å². The fourth-order valence-electron chi connectivity index (χ4n) is 3.30. The SMILES string of the molecule is Cc1nn(C)c2c(=O)n(CC(=O)N3CCc4ccccc43)cnc12. The molecule has 1 aliphatic rings. The van der Waals surface area contributed by atoms with Crippen molar-refractivity contribution in [1.82, 2.24) is 19.3 Å². The number of hydrogen-bond acceptors (Lipinski definition) is 4. The molecule has 0 unspecified atom stereocenters. The first-order valence-corrected chi connectivity index (χ1v) is 7.83. The number of hydrogen-bond donors (Lipinski definition) is 0. The minimum Gasteiger partial charge on any atom is -0.310 e. The first-order chi connectivity index (χ1) is 11.6. The Bertz CT molecular complexity index is 1020. The lowest BCUT2D eigenvalue weighted by Crippen LogP contribution is -2.35. The molecule has 0 bridgehead atoms. The summed E-state index contributed by atoms with van der Waals surface area (Å²) in [5.74, 6) is -0.109. The number of aryl methyl sites for hydroxylation is 2. The Hall–Kier alpha value is -2.96. The number of para-hydroxylation sites is 1. The summed E-state index contributed by atoms with van der Waals surface area (Å²) in [6.07, 6.45) is 2.27. The van der Waals surface area contributed by atoms with Crippen molar-refractivity contribution in [2.75, 3.05) is 11.4 Å². The molecular formula is C17H17N5O2. The lowest BCUT2D eigenvalue weighted by molar-refractivity contribution is -0.119. The highest BCUT2D eigenvalue weighted by molar-refractivity contribution is 5.95. The number of rotatable bonds is 2. The topological polar surface area (TPSA) is 73.0 Å². The molecule has 2 aromatic heterocycles. The largest absolute Gasteiger partial charge is 0.310 e. The molecule has 7 nitrogen and oxygen atoms in total. The minimum atomic E-state index is -0.246. The van der Waals surface area contributed by atoms with Gasteiger partial charge in [-0.1, -0.05) is 18.2 Å². The molecular weight excluding hydrogens is 306 g/mol. The highest BCUT2D eigenvalue weighted by Gasteiger charge is 2.25. The lowest BCUT2D eigenvalue weighted by Gasteiger charge is -2.17. The van der Waals surface area contributed by atoms with E-state index in [9.17, 15) is 9.59 Å². The van der Waals surface area contributed by atoms with Gasteiger partial charge in [0.05, 0.1) is 12.0 Å². The summed E-state index contributed by atoms with van der Waals surface area (Å²) >= 11 is 0. The summed E-state index contributed by atoms with van der Waals surface area (Å²) in [6, 6.07) is 7.86. The van der Waals surface area contributed by atoms with Crippen molar-refractivity contribution in [3.05, 3.63) is 52.2 Å². The number of carbonyl (C=O) groups is 1. The van der Waals surface area contributed by atoms with Crippen LogP contribution in [0.5, 0.6) is 0 Å². The normalized spacial score (nSPS) is 13.5. The van der Waals surface area contributed by atoms with Gasteiger partial charge in [0, 0.05) is 19.3 Å². The molecule has 24 heavy (non-hydrogen) atoms. The van der Waals surface area contributed by atoms with E-state index in [-0.39, 0.29) is 18.0 Å². The van der Waals surface area contributed by atoms with E-state index < -0.39 is 0 Å². The fourth-order valence-corrected chi connectivity index (χ4v) is 3.30. The van der Waals surface area contributed by atoms with E-state index in [4.69, 9.17) is 0 Å². The Balaban J connectivity index is 1.68. The van der Waals surface area contributed by atoms with E-state index in [2.05, 4.69) is 10.1 Å². The Kier molecular flexibility index (Phi) is 3.23. The number of aromatic nitrogens is 4. The first kappa shape index (κ1) is 14.6. The number of carbonyl (C=O) groups excluding carboxylic acids is 1. The standard InChI is InChI=1S/C17H17N5O2/c1-11-15-16(20(2)19-11)17(24)21(10-18-15)9-14(23)22-8-7-12-5-3-4-6-13(12)22/h3-6,10H,7-9H2,1-2H3. The van der Waals surface area contributed by atoms with Crippen molar-refractivity contribution >= 4 is 22.6 Å². The highest BCUT2D eigenvalue weighted by atomic mass is 16.2. The minimum absolute atomic E-state index is 0.0274. The molecule has 1 aromatic carbocycles. The first-order valence-electron chi connectivity index (χ1n) is 7.83. The second kappa shape index (κ2) is 5.30. The molecule has 0 saturated heterocycles. The summed E-state index contributed by atoms with van der Waals surface area (Å²) in [5.41, 5.74) is 3.55. The van der Waals surface area contributed by atoms with Crippen LogP contribution in [0.1, 0.15) is 11.3 Å². The molecule has 0 aliphatic carbocycles. The zero-order chi connectivity index (χ0) is 16.8. The van der Waals surface area contributed by atoms with Crippen molar-refractivity contribution in [2.45, 2.75) is 19.9 Å². The van der Waals surface area contributed by atoms with Crippen LogP contribution in [0.4, 0.5) is 5.69 Å². The maximum atomic E-state index is 12.7. The van der Waals surface area contributed by atoms with Gasteiger partial charge in [0.15, 0.2) is 5.52 Å². The molecule has 0 radical (unpaired) electrons. The van der Waals surface area contributed by atoms with E-state index in [1.807, 2.05) is 31.2 Å². The van der Waals surface area contributed by atoms with Gasteiger partial charge in [-0.15, -0.1) is 0 Å². The molecule has 0 fully saturated rings. The van der Waals surface area contributed by atoms with Gasteiger partial charge in [-0.3, -0.25) is 18.8 Å². The summed E-state index contributed by atoms with van der Waals surface area (Å²) in [6.45, 7) is 2.43. The smallest absolute Gasteiger partial charge is 0.279 e.